The number of hydrogen-bond acceptors (Lipinski definition) is 6. The fourth-order valence-corrected chi connectivity index (χ4v) is 3.28. The Morgan fingerprint density at radius 1 is 1.11 bits per heavy atom. The van der Waals surface area contributed by atoms with Crippen molar-refractivity contribution in [3.05, 3.63) is 29.8 Å². The van der Waals surface area contributed by atoms with Crippen LogP contribution in [-0.2, 0) is 14.3 Å². The minimum atomic E-state index is -1.18. The van der Waals surface area contributed by atoms with Gasteiger partial charge < -0.3 is 35.2 Å². The molecule has 2 heterocycles. The van der Waals surface area contributed by atoms with Crippen LogP contribution in [0.4, 0.5) is 10.5 Å². The number of rotatable bonds is 5. The molecule has 4 atom stereocenters. The van der Waals surface area contributed by atoms with Crippen LogP contribution in [0, 0.1) is 6.92 Å². The number of nitrogens with one attached hydrogen (secondary N) is 2. The summed E-state index contributed by atoms with van der Waals surface area (Å²) < 4.78 is 10.9. The smallest absolute Gasteiger partial charge is 0.319 e. The zero-order chi connectivity index (χ0) is 20.1. The van der Waals surface area contributed by atoms with Gasteiger partial charge in [-0.3, -0.25) is 4.79 Å². The highest BCUT2D eigenvalue weighted by atomic mass is 16.5. The molecule has 3 rings (SSSR count). The molecule has 4 N–H and O–H groups in total. The number of ether oxygens (including phenoxy) is 2. The van der Waals surface area contributed by atoms with Crippen LogP contribution in [0.15, 0.2) is 24.3 Å². The number of morpholine rings is 1. The molecule has 1 aromatic rings. The molecule has 2 aliphatic rings. The number of urea groups is 1. The van der Waals surface area contributed by atoms with Gasteiger partial charge in [0, 0.05) is 25.3 Å². The van der Waals surface area contributed by atoms with Gasteiger partial charge in [-0.1, -0.05) is 17.7 Å². The van der Waals surface area contributed by atoms with Gasteiger partial charge in [0.1, 0.15) is 18.3 Å². The molecule has 0 bridgehead atoms. The van der Waals surface area contributed by atoms with Gasteiger partial charge in [0.05, 0.1) is 25.7 Å². The lowest BCUT2D eigenvalue weighted by Crippen LogP contribution is -2.43. The summed E-state index contributed by atoms with van der Waals surface area (Å²) in [4.78, 5) is 26.0. The fraction of sp³-hybridized carbons (Fsp3) is 0.579. The van der Waals surface area contributed by atoms with Crippen molar-refractivity contribution < 1.29 is 29.3 Å². The van der Waals surface area contributed by atoms with Crippen molar-refractivity contribution >= 4 is 17.6 Å². The summed E-state index contributed by atoms with van der Waals surface area (Å²) in [6.07, 6.45) is -3.98. The van der Waals surface area contributed by atoms with Crippen molar-refractivity contribution in [2.24, 2.45) is 0 Å². The molecule has 9 nitrogen and oxygen atoms in total. The van der Waals surface area contributed by atoms with Gasteiger partial charge in [0.15, 0.2) is 0 Å². The molecule has 3 amide bonds. The van der Waals surface area contributed by atoms with Gasteiger partial charge in [0.25, 0.3) is 0 Å². The van der Waals surface area contributed by atoms with Crippen molar-refractivity contribution in [2.45, 2.75) is 37.8 Å². The first-order valence-corrected chi connectivity index (χ1v) is 9.42. The molecule has 9 heteroatoms. The van der Waals surface area contributed by atoms with Crippen LogP contribution in [-0.4, -0.2) is 84.3 Å². The first-order chi connectivity index (χ1) is 13.4. The Hall–Kier alpha value is -2.20. The molecular formula is C19H27N3O6. The van der Waals surface area contributed by atoms with Crippen LogP contribution < -0.4 is 10.6 Å². The van der Waals surface area contributed by atoms with E-state index in [-0.39, 0.29) is 18.9 Å². The summed E-state index contributed by atoms with van der Waals surface area (Å²) in [5, 5.41) is 25.7. The van der Waals surface area contributed by atoms with E-state index in [0.29, 0.717) is 32.0 Å². The number of aliphatic hydroxyl groups is 2. The number of aliphatic hydroxyl groups excluding tert-OH is 2. The van der Waals surface area contributed by atoms with Crippen molar-refractivity contribution in [3.8, 4) is 0 Å². The molecular weight excluding hydrogens is 366 g/mol. The number of amides is 3. The highest BCUT2D eigenvalue weighted by Crippen LogP contribution is 2.24. The lowest BCUT2D eigenvalue weighted by molar-refractivity contribution is -0.139. The highest BCUT2D eigenvalue weighted by molar-refractivity contribution is 5.89. The molecule has 0 spiro atoms. The van der Waals surface area contributed by atoms with Crippen molar-refractivity contribution in [2.75, 3.05) is 38.2 Å². The van der Waals surface area contributed by atoms with E-state index >= 15 is 0 Å². The quantitative estimate of drug-likeness (QED) is 0.552. The normalized spacial score (nSPS) is 27.5. The Balaban J connectivity index is 1.46. The van der Waals surface area contributed by atoms with Gasteiger partial charge >= 0.3 is 6.03 Å². The summed E-state index contributed by atoms with van der Waals surface area (Å²) >= 11 is 0. The maximum absolute atomic E-state index is 12.3. The van der Waals surface area contributed by atoms with Crippen LogP contribution in [0.2, 0.25) is 0 Å². The average Bonchev–Trinajstić information content (AvgIpc) is 2.96. The Labute approximate surface area is 163 Å². The van der Waals surface area contributed by atoms with E-state index in [1.54, 1.807) is 17.0 Å². The van der Waals surface area contributed by atoms with E-state index in [0.717, 1.165) is 5.56 Å². The number of nitrogens with zero attached hydrogens (tertiary/aromatic N) is 1. The van der Waals surface area contributed by atoms with Crippen LogP contribution in [0.3, 0.4) is 0 Å². The van der Waals surface area contributed by atoms with Gasteiger partial charge in [-0.05, 0) is 19.1 Å². The van der Waals surface area contributed by atoms with Gasteiger partial charge in [-0.15, -0.1) is 0 Å². The predicted molar refractivity (Wildman–Crippen MR) is 101 cm³/mol. The Kier molecular flexibility index (Phi) is 6.84. The zero-order valence-electron chi connectivity index (χ0n) is 15.8. The second-order valence-electron chi connectivity index (χ2n) is 7.09. The summed E-state index contributed by atoms with van der Waals surface area (Å²) in [7, 11) is 0. The average molecular weight is 393 g/mol. The van der Waals surface area contributed by atoms with Gasteiger partial charge in [-0.2, -0.15) is 0 Å². The molecule has 1 aromatic carbocycles. The van der Waals surface area contributed by atoms with E-state index < -0.39 is 30.4 Å². The highest BCUT2D eigenvalue weighted by Gasteiger charge is 2.43. The fourth-order valence-electron chi connectivity index (χ4n) is 3.28. The number of anilines is 1. The molecule has 0 radical (unpaired) electrons. The second-order valence-corrected chi connectivity index (χ2v) is 7.09. The van der Waals surface area contributed by atoms with E-state index in [9.17, 15) is 19.8 Å². The minimum absolute atomic E-state index is 0.0121. The minimum Gasteiger partial charge on any atom is -0.388 e. The standard InChI is InChI=1S/C19H27N3O6/c1-12-2-4-13(5-3-12)21-19(26)20-11-15-18(25)17(24)14(28-15)10-16(23)22-6-8-27-9-7-22/h2-5,14-15,17-18,24-25H,6-11H2,1H3,(H2,20,21,26)/t14-,15-,17-,18+/m0/s1. The second kappa shape index (κ2) is 9.33. The Bertz CT molecular complexity index is 677. The first-order valence-electron chi connectivity index (χ1n) is 9.42. The Morgan fingerprint density at radius 2 is 1.75 bits per heavy atom. The largest absolute Gasteiger partial charge is 0.388 e. The molecule has 2 aliphatic heterocycles. The third kappa shape index (κ3) is 5.20. The van der Waals surface area contributed by atoms with Crippen LogP contribution >= 0.6 is 0 Å². The summed E-state index contributed by atoms with van der Waals surface area (Å²) in [5.74, 6) is -0.148. The first kappa shape index (κ1) is 20.5. The van der Waals surface area contributed by atoms with E-state index in [4.69, 9.17) is 9.47 Å². The Morgan fingerprint density at radius 3 is 2.43 bits per heavy atom. The molecule has 2 fully saturated rings. The molecule has 0 aromatic heterocycles. The maximum atomic E-state index is 12.3. The van der Waals surface area contributed by atoms with Crippen molar-refractivity contribution in [3.63, 3.8) is 0 Å². The van der Waals surface area contributed by atoms with Crippen LogP contribution in [0.5, 0.6) is 0 Å². The van der Waals surface area contributed by atoms with E-state index in [2.05, 4.69) is 10.6 Å². The number of aryl methyl sites for hydroxylation is 1. The summed E-state index contributed by atoms with van der Waals surface area (Å²) in [6.45, 7) is 3.96. The molecule has 2 saturated heterocycles. The third-order valence-electron chi connectivity index (χ3n) is 4.97. The third-order valence-corrected chi connectivity index (χ3v) is 4.97. The lowest BCUT2D eigenvalue weighted by atomic mass is 10.0. The van der Waals surface area contributed by atoms with E-state index in [1.807, 2.05) is 19.1 Å². The predicted octanol–water partition coefficient (Wildman–Crippen LogP) is -0.145. The lowest BCUT2D eigenvalue weighted by Gasteiger charge is -2.28. The summed E-state index contributed by atoms with van der Waals surface area (Å²) in [5.41, 5.74) is 1.73. The zero-order valence-corrected chi connectivity index (χ0v) is 15.8. The molecule has 0 aliphatic carbocycles. The van der Waals surface area contributed by atoms with Crippen LogP contribution in [0.25, 0.3) is 0 Å². The molecule has 0 saturated carbocycles. The number of hydrogen-bond donors (Lipinski definition) is 4. The SMILES string of the molecule is Cc1ccc(NC(=O)NC[C@@H]2O[C@@H](CC(=O)N3CCOCC3)[C@H](O)[C@@H]2O)cc1. The van der Waals surface area contributed by atoms with Gasteiger partial charge in [0.2, 0.25) is 5.91 Å². The topological polar surface area (TPSA) is 120 Å². The van der Waals surface area contributed by atoms with Crippen molar-refractivity contribution in [1.82, 2.24) is 10.2 Å². The monoisotopic (exact) mass is 393 g/mol. The number of benzene rings is 1. The van der Waals surface area contributed by atoms with Crippen LogP contribution in [0.1, 0.15) is 12.0 Å². The summed E-state index contributed by atoms with van der Waals surface area (Å²) in [6, 6.07) is 6.89. The van der Waals surface area contributed by atoms with Gasteiger partial charge in [-0.25, -0.2) is 4.79 Å². The molecule has 0 unspecified atom stereocenters. The number of carbonyl (C=O) groups excluding carboxylic acids is 2. The van der Waals surface area contributed by atoms with Crippen molar-refractivity contribution in [1.29, 1.82) is 0 Å². The molecule has 154 valence electrons. The molecule has 28 heavy (non-hydrogen) atoms. The maximum Gasteiger partial charge on any atom is 0.319 e. The number of carbonyl (C=O) groups is 2. The van der Waals surface area contributed by atoms with E-state index in [1.165, 1.54) is 0 Å².